The molecule has 19 heavy (non-hydrogen) atoms. The Morgan fingerprint density at radius 2 is 2.11 bits per heavy atom. The lowest BCUT2D eigenvalue weighted by Crippen LogP contribution is -2.55. The third kappa shape index (κ3) is 2.72. The van der Waals surface area contributed by atoms with Crippen molar-refractivity contribution < 1.29 is 13.2 Å². The summed E-state index contributed by atoms with van der Waals surface area (Å²) >= 11 is 5.82. The molecule has 0 radical (unpaired) electrons. The third-order valence-electron chi connectivity index (χ3n) is 3.12. The monoisotopic (exact) mass is 304 g/mol. The number of halogens is 1. The summed E-state index contributed by atoms with van der Waals surface area (Å²) in [7, 11) is -3.59. The summed E-state index contributed by atoms with van der Waals surface area (Å²) in [5.41, 5.74) is 5.36. The lowest BCUT2D eigenvalue weighted by molar-refractivity contribution is -0.00770. The van der Waals surface area contributed by atoms with E-state index in [0.717, 1.165) is 0 Å². The van der Waals surface area contributed by atoms with Crippen LogP contribution in [0.15, 0.2) is 23.1 Å². The van der Waals surface area contributed by atoms with Crippen LogP contribution in [-0.2, 0) is 14.8 Å². The smallest absolute Gasteiger partial charge is 0.243 e. The van der Waals surface area contributed by atoms with Gasteiger partial charge < -0.3 is 10.5 Å². The van der Waals surface area contributed by atoms with Crippen molar-refractivity contribution in [2.45, 2.75) is 24.3 Å². The minimum atomic E-state index is -3.59. The molecule has 0 spiro atoms. The van der Waals surface area contributed by atoms with Crippen molar-refractivity contribution in [2.75, 3.05) is 25.5 Å². The Bertz CT molecular complexity index is 587. The average molecular weight is 305 g/mol. The van der Waals surface area contributed by atoms with E-state index in [0.29, 0.717) is 24.8 Å². The zero-order valence-electron chi connectivity index (χ0n) is 10.9. The predicted octanol–water partition coefficient (Wildman–Crippen LogP) is 1.72. The molecule has 1 aliphatic rings. The molecule has 0 aromatic heterocycles. The van der Waals surface area contributed by atoms with Crippen LogP contribution in [0.2, 0.25) is 5.02 Å². The molecular formula is C12H17ClN2O3S. The maximum absolute atomic E-state index is 12.6. The Morgan fingerprint density at radius 3 is 2.68 bits per heavy atom. The molecule has 106 valence electrons. The molecule has 1 fully saturated rings. The normalized spacial score (nSPS) is 20.4. The van der Waals surface area contributed by atoms with Crippen LogP contribution in [0.1, 0.15) is 13.8 Å². The zero-order chi connectivity index (χ0) is 14.3. The number of benzene rings is 1. The van der Waals surface area contributed by atoms with E-state index in [9.17, 15) is 8.42 Å². The number of ether oxygens (including phenoxy) is 1. The molecule has 7 heteroatoms. The second-order valence-corrected chi connectivity index (χ2v) is 7.40. The topological polar surface area (TPSA) is 72.6 Å². The molecule has 1 aromatic rings. The molecule has 1 saturated heterocycles. The van der Waals surface area contributed by atoms with E-state index in [4.69, 9.17) is 22.1 Å². The second-order valence-electron chi connectivity index (χ2n) is 5.13. The van der Waals surface area contributed by atoms with Crippen LogP contribution in [-0.4, -0.2) is 38.0 Å². The Kier molecular flexibility index (Phi) is 3.79. The van der Waals surface area contributed by atoms with Crippen LogP contribution < -0.4 is 5.73 Å². The van der Waals surface area contributed by atoms with E-state index in [1.54, 1.807) is 0 Å². The lowest BCUT2D eigenvalue weighted by Gasteiger charge is -2.40. The molecule has 0 aliphatic carbocycles. The number of sulfonamides is 1. The minimum Gasteiger partial charge on any atom is -0.397 e. The van der Waals surface area contributed by atoms with Gasteiger partial charge in [-0.05, 0) is 32.0 Å². The molecule has 0 atom stereocenters. The summed E-state index contributed by atoms with van der Waals surface area (Å²) in [5.74, 6) is 0. The highest BCUT2D eigenvalue weighted by Gasteiger charge is 2.39. The predicted molar refractivity (Wildman–Crippen MR) is 74.7 cm³/mol. The van der Waals surface area contributed by atoms with Gasteiger partial charge in [0.25, 0.3) is 0 Å². The minimum absolute atomic E-state index is 0.157. The third-order valence-corrected chi connectivity index (χ3v) is 5.58. The molecular weight excluding hydrogens is 288 g/mol. The second kappa shape index (κ2) is 4.94. The average Bonchev–Trinajstić information content (AvgIpc) is 2.31. The van der Waals surface area contributed by atoms with Gasteiger partial charge in [-0.15, -0.1) is 0 Å². The Labute approximate surface area is 118 Å². The first kappa shape index (κ1) is 14.6. The number of hydrogen-bond acceptors (Lipinski definition) is 4. The van der Waals surface area contributed by atoms with Gasteiger partial charge in [-0.3, -0.25) is 0 Å². The number of rotatable bonds is 2. The quantitative estimate of drug-likeness (QED) is 0.844. The van der Waals surface area contributed by atoms with Gasteiger partial charge in [0.15, 0.2) is 0 Å². The number of anilines is 1. The molecule has 5 nitrogen and oxygen atoms in total. The molecule has 2 N–H and O–H groups in total. The fourth-order valence-corrected chi connectivity index (χ4v) is 4.01. The van der Waals surface area contributed by atoms with Crippen LogP contribution >= 0.6 is 11.6 Å². The molecule has 0 saturated carbocycles. The molecule has 1 heterocycles. The first-order valence-corrected chi connectivity index (χ1v) is 7.72. The summed E-state index contributed by atoms with van der Waals surface area (Å²) in [4.78, 5) is 0.157. The van der Waals surface area contributed by atoms with Gasteiger partial charge in [0.05, 0.1) is 34.4 Å². The summed E-state index contributed by atoms with van der Waals surface area (Å²) in [5, 5.41) is 0.347. The fourth-order valence-electron chi connectivity index (χ4n) is 2.10. The number of nitrogen functional groups attached to an aromatic ring is 1. The van der Waals surface area contributed by atoms with Gasteiger partial charge >= 0.3 is 0 Å². The van der Waals surface area contributed by atoms with Crippen molar-refractivity contribution in [3.05, 3.63) is 23.2 Å². The van der Waals surface area contributed by atoms with E-state index in [-0.39, 0.29) is 10.6 Å². The van der Waals surface area contributed by atoms with E-state index in [1.807, 2.05) is 13.8 Å². The van der Waals surface area contributed by atoms with E-state index in [1.165, 1.54) is 22.5 Å². The standard InChI is InChI=1S/C12H17ClN2O3S/c1-12(2)8-18-6-5-15(12)19(16,17)9-3-4-10(13)11(14)7-9/h3-4,7H,5-6,8,14H2,1-2H3. The summed E-state index contributed by atoms with van der Waals surface area (Å²) < 4.78 is 32.1. The van der Waals surface area contributed by atoms with Crippen LogP contribution in [0.4, 0.5) is 5.69 Å². The number of nitrogens with two attached hydrogens (primary N) is 1. The summed E-state index contributed by atoms with van der Waals surface area (Å²) in [6.07, 6.45) is 0. The number of nitrogens with zero attached hydrogens (tertiary/aromatic N) is 1. The van der Waals surface area contributed by atoms with E-state index in [2.05, 4.69) is 0 Å². The Hall–Kier alpha value is -0.820. The molecule has 1 aromatic carbocycles. The highest BCUT2D eigenvalue weighted by atomic mass is 35.5. The van der Waals surface area contributed by atoms with Crippen LogP contribution in [0.3, 0.4) is 0 Å². The summed E-state index contributed by atoms with van der Waals surface area (Å²) in [6.45, 7) is 4.77. The maximum atomic E-state index is 12.6. The SMILES string of the molecule is CC1(C)COCCN1S(=O)(=O)c1ccc(Cl)c(N)c1. The van der Waals surface area contributed by atoms with Gasteiger partial charge in [-0.2, -0.15) is 4.31 Å². The van der Waals surface area contributed by atoms with Crippen LogP contribution in [0.25, 0.3) is 0 Å². The van der Waals surface area contributed by atoms with E-state index >= 15 is 0 Å². The van der Waals surface area contributed by atoms with Crippen molar-refractivity contribution in [2.24, 2.45) is 0 Å². The van der Waals surface area contributed by atoms with Crippen LogP contribution in [0, 0.1) is 0 Å². The van der Waals surface area contributed by atoms with Gasteiger partial charge in [0, 0.05) is 6.54 Å². The van der Waals surface area contributed by atoms with Gasteiger partial charge in [0.1, 0.15) is 0 Å². The van der Waals surface area contributed by atoms with E-state index < -0.39 is 15.6 Å². The van der Waals surface area contributed by atoms with Crippen molar-refractivity contribution >= 4 is 27.3 Å². The van der Waals surface area contributed by atoms with Gasteiger partial charge in [-0.1, -0.05) is 11.6 Å². The highest BCUT2D eigenvalue weighted by molar-refractivity contribution is 7.89. The fraction of sp³-hybridized carbons (Fsp3) is 0.500. The molecule has 0 unspecified atom stereocenters. The highest BCUT2D eigenvalue weighted by Crippen LogP contribution is 2.30. The first-order chi connectivity index (χ1) is 8.75. The zero-order valence-corrected chi connectivity index (χ0v) is 12.5. The Morgan fingerprint density at radius 1 is 1.42 bits per heavy atom. The van der Waals surface area contributed by atoms with Crippen molar-refractivity contribution in [3.8, 4) is 0 Å². The maximum Gasteiger partial charge on any atom is 0.243 e. The first-order valence-electron chi connectivity index (χ1n) is 5.91. The van der Waals surface area contributed by atoms with Gasteiger partial charge in [0.2, 0.25) is 10.0 Å². The van der Waals surface area contributed by atoms with Gasteiger partial charge in [-0.25, -0.2) is 8.42 Å². The molecule has 1 aliphatic heterocycles. The molecule has 0 bridgehead atoms. The van der Waals surface area contributed by atoms with Crippen LogP contribution in [0.5, 0.6) is 0 Å². The number of morpholine rings is 1. The molecule has 0 amide bonds. The summed E-state index contributed by atoms with van der Waals surface area (Å²) in [6, 6.07) is 4.36. The van der Waals surface area contributed by atoms with Crippen molar-refractivity contribution in [1.29, 1.82) is 0 Å². The Balaban J connectivity index is 2.44. The lowest BCUT2D eigenvalue weighted by atomic mass is 10.1. The largest absolute Gasteiger partial charge is 0.397 e. The van der Waals surface area contributed by atoms with Crippen molar-refractivity contribution in [1.82, 2.24) is 4.31 Å². The van der Waals surface area contributed by atoms with Crippen molar-refractivity contribution in [3.63, 3.8) is 0 Å². The number of hydrogen-bond donors (Lipinski definition) is 1. The molecule has 2 rings (SSSR count).